The minimum absolute atomic E-state index is 0.128. The minimum Gasteiger partial charge on any atom is -0.321 e. The molecule has 1 nitrogen and oxygen atoms in total. The van der Waals surface area contributed by atoms with E-state index in [-0.39, 0.29) is 5.54 Å². The van der Waals surface area contributed by atoms with Crippen LogP contribution in [0.1, 0.15) is 18.4 Å². The molecular formula is C10H12ClNS. The van der Waals surface area contributed by atoms with E-state index in [2.05, 4.69) is 12.3 Å². The van der Waals surface area contributed by atoms with Crippen LogP contribution in [0.25, 0.3) is 0 Å². The third kappa shape index (κ3) is 1.58. The number of hydrogen-bond donors (Lipinski definition) is 1. The van der Waals surface area contributed by atoms with Gasteiger partial charge in [-0.2, -0.15) is 0 Å². The summed E-state index contributed by atoms with van der Waals surface area (Å²) in [5, 5.41) is 0.812. The Labute approximate surface area is 87.7 Å². The van der Waals surface area contributed by atoms with E-state index in [1.54, 1.807) is 11.8 Å². The van der Waals surface area contributed by atoms with E-state index in [4.69, 9.17) is 17.3 Å². The Morgan fingerprint density at radius 1 is 1.46 bits per heavy atom. The molecule has 2 N–H and O–H groups in total. The standard InChI is InChI=1S/C10H12ClNS/c1-13-8-4-2-3-7(11)9(8)10(12)5-6-10/h2-4H,5-6,12H2,1H3. The second-order valence-corrected chi connectivity index (χ2v) is 4.73. The molecule has 0 aromatic heterocycles. The third-order valence-electron chi connectivity index (χ3n) is 2.48. The summed E-state index contributed by atoms with van der Waals surface area (Å²) in [6.07, 6.45) is 4.18. The molecule has 0 amide bonds. The smallest absolute Gasteiger partial charge is 0.0467 e. The number of halogens is 1. The fraction of sp³-hybridized carbons (Fsp3) is 0.400. The number of nitrogens with two attached hydrogens (primary N) is 1. The topological polar surface area (TPSA) is 26.0 Å². The lowest BCUT2D eigenvalue weighted by molar-refractivity contribution is 0.722. The maximum Gasteiger partial charge on any atom is 0.0467 e. The van der Waals surface area contributed by atoms with Crippen molar-refractivity contribution in [2.24, 2.45) is 5.73 Å². The Morgan fingerprint density at radius 2 is 2.15 bits per heavy atom. The summed E-state index contributed by atoms with van der Waals surface area (Å²) in [4.78, 5) is 1.22. The van der Waals surface area contributed by atoms with Gasteiger partial charge in [0, 0.05) is 21.0 Å². The van der Waals surface area contributed by atoms with Gasteiger partial charge in [-0.25, -0.2) is 0 Å². The Hall–Kier alpha value is -0.180. The van der Waals surface area contributed by atoms with Gasteiger partial charge in [0.2, 0.25) is 0 Å². The van der Waals surface area contributed by atoms with Gasteiger partial charge in [-0.1, -0.05) is 17.7 Å². The van der Waals surface area contributed by atoms with Crippen LogP contribution in [-0.4, -0.2) is 6.26 Å². The molecule has 0 atom stereocenters. The van der Waals surface area contributed by atoms with E-state index in [0.717, 1.165) is 23.4 Å². The number of thioether (sulfide) groups is 1. The van der Waals surface area contributed by atoms with Crippen LogP contribution in [0.2, 0.25) is 5.02 Å². The third-order valence-corrected chi connectivity index (χ3v) is 3.58. The molecule has 1 aromatic rings. The first-order valence-electron chi connectivity index (χ1n) is 4.29. The summed E-state index contributed by atoms with van der Waals surface area (Å²) in [6, 6.07) is 5.98. The molecule has 1 saturated carbocycles. The van der Waals surface area contributed by atoms with Crippen LogP contribution in [0.3, 0.4) is 0 Å². The lowest BCUT2D eigenvalue weighted by Gasteiger charge is -2.15. The lowest BCUT2D eigenvalue weighted by Crippen LogP contribution is -2.20. The maximum absolute atomic E-state index is 6.15. The maximum atomic E-state index is 6.15. The highest BCUT2D eigenvalue weighted by molar-refractivity contribution is 7.98. The van der Waals surface area contributed by atoms with Crippen molar-refractivity contribution in [3.63, 3.8) is 0 Å². The zero-order valence-electron chi connectivity index (χ0n) is 7.51. The van der Waals surface area contributed by atoms with Crippen molar-refractivity contribution in [1.82, 2.24) is 0 Å². The van der Waals surface area contributed by atoms with E-state index in [0.29, 0.717) is 0 Å². The SMILES string of the molecule is CSc1cccc(Cl)c1C1(N)CC1. The van der Waals surface area contributed by atoms with E-state index >= 15 is 0 Å². The zero-order valence-corrected chi connectivity index (χ0v) is 9.08. The molecule has 70 valence electrons. The zero-order chi connectivity index (χ0) is 9.47. The molecule has 2 rings (SSSR count). The summed E-state index contributed by atoms with van der Waals surface area (Å²) in [5.41, 5.74) is 7.16. The van der Waals surface area contributed by atoms with E-state index < -0.39 is 0 Å². The van der Waals surface area contributed by atoms with Crippen molar-refractivity contribution >= 4 is 23.4 Å². The molecule has 0 bridgehead atoms. The Balaban J connectivity index is 2.52. The van der Waals surface area contributed by atoms with Gasteiger partial charge in [0.25, 0.3) is 0 Å². The van der Waals surface area contributed by atoms with E-state index in [9.17, 15) is 0 Å². The normalized spacial score (nSPS) is 18.7. The predicted molar refractivity (Wildman–Crippen MR) is 58.3 cm³/mol. The van der Waals surface area contributed by atoms with Crippen LogP contribution in [0.15, 0.2) is 23.1 Å². The molecule has 1 fully saturated rings. The molecule has 0 unspecified atom stereocenters. The van der Waals surface area contributed by atoms with Gasteiger partial charge in [0.1, 0.15) is 0 Å². The van der Waals surface area contributed by atoms with Crippen molar-refractivity contribution < 1.29 is 0 Å². The molecule has 0 radical (unpaired) electrons. The number of hydrogen-bond acceptors (Lipinski definition) is 2. The van der Waals surface area contributed by atoms with E-state index in [1.165, 1.54) is 4.90 Å². The van der Waals surface area contributed by atoms with Gasteiger partial charge < -0.3 is 5.73 Å². The molecular weight excluding hydrogens is 202 g/mol. The summed E-state index contributed by atoms with van der Waals surface area (Å²) in [7, 11) is 0. The Kier molecular flexibility index (Phi) is 2.30. The van der Waals surface area contributed by atoms with Gasteiger partial charge in [-0.15, -0.1) is 11.8 Å². The number of benzene rings is 1. The quantitative estimate of drug-likeness (QED) is 0.765. The average Bonchev–Trinajstić information content (AvgIpc) is 2.84. The molecule has 1 aliphatic carbocycles. The van der Waals surface area contributed by atoms with Gasteiger partial charge in [0.05, 0.1) is 0 Å². The van der Waals surface area contributed by atoms with Crippen LogP contribution in [0.5, 0.6) is 0 Å². The first-order chi connectivity index (χ1) is 6.17. The molecule has 0 saturated heterocycles. The fourth-order valence-corrected chi connectivity index (χ4v) is 2.69. The summed E-state index contributed by atoms with van der Waals surface area (Å²) >= 11 is 7.85. The fourth-order valence-electron chi connectivity index (χ4n) is 1.54. The molecule has 1 aliphatic rings. The highest BCUT2D eigenvalue weighted by Gasteiger charge is 2.42. The second kappa shape index (κ2) is 3.19. The Morgan fingerprint density at radius 3 is 2.69 bits per heavy atom. The van der Waals surface area contributed by atoms with Crippen molar-refractivity contribution in [2.45, 2.75) is 23.3 Å². The van der Waals surface area contributed by atoms with Crippen molar-refractivity contribution in [2.75, 3.05) is 6.26 Å². The van der Waals surface area contributed by atoms with Gasteiger partial charge in [-0.3, -0.25) is 0 Å². The average molecular weight is 214 g/mol. The molecule has 1 aromatic carbocycles. The monoisotopic (exact) mass is 213 g/mol. The van der Waals surface area contributed by atoms with E-state index in [1.807, 2.05) is 12.1 Å². The molecule has 0 spiro atoms. The number of rotatable bonds is 2. The van der Waals surface area contributed by atoms with Gasteiger partial charge in [0.15, 0.2) is 0 Å². The largest absolute Gasteiger partial charge is 0.321 e. The first kappa shape index (κ1) is 9.38. The molecule has 3 heteroatoms. The second-order valence-electron chi connectivity index (χ2n) is 3.47. The molecule has 0 aliphatic heterocycles. The van der Waals surface area contributed by atoms with Crippen molar-refractivity contribution in [3.05, 3.63) is 28.8 Å². The summed E-state index contributed by atoms with van der Waals surface area (Å²) in [5.74, 6) is 0. The first-order valence-corrected chi connectivity index (χ1v) is 5.89. The molecule has 0 heterocycles. The van der Waals surface area contributed by atoms with Crippen molar-refractivity contribution in [3.8, 4) is 0 Å². The predicted octanol–water partition coefficient (Wildman–Crippen LogP) is 3.01. The highest BCUT2D eigenvalue weighted by atomic mass is 35.5. The van der Waals surface area contributed by atoms with Gasteiger partial charge >= 0.3 is 0 Å². The highest BCUT2D eigenvalue weighted by Crippen LogP contribution is 2.48. The van der Waals surface area contributed by atoms with Crippen LogP contribution >= 0.6 is 23.4 Å². The van der Waals surface area contributed by atoms with Crippen molar-refractivity contribution in [1.29, 1.82) is 0 Å². The Bertz CT molecular complexity index is 334. The minimum atomic E-state index is -0.128. The lowest BCUT2D eigenvalue weighted by atomic mass is 10.1. The van der Waals surface area contributed by atoms with Crippen LogP contribution < -0.4 is 5.73 Å². The van der Waals surface area contributed by atoms with Gasteiger partial charge in [-0.05, 0) is 31.2 Å². The van der Waals surface area contributed by atoms with Crippen LogP contribution in [0, 0.1) is 0 Å². The molecule has 13 heavy (non-hydrogen) atoms. The van der Waals surface area contributed by atoms with Crippen LogP contribution in [0.4, 0.5) is 0 Å². The summed E-state index contributed by atoms with van der Waals surface area (Å²) < 4.78 is 0. The summed E-state index contributed by atoms with van der Waals surface area (Å²) in [6.45, 7) is 0. The van der Waals surface area contributed by atoms with Crippen LogP contribution in [-0.2, 0) is 5.54 Å².